The maximum atomic E-state index is 14.3. The van der Waals surface area contributed by atoms with E-state index < -0.39 is 17.8 Å². The first kappa shape index (κ1) is 30.9. The third-order valence-corrected chi connectivity index (χ3v) is 9.14. The van der Waals surface area contributed by atoms with Crippen molar-refractivity contribution in [1.82, 2.24) is 4.57 Å². The average Bonchev–Trinajstić information content (AvgIpc) is 3.35. The van der Waals surface area contributed by atoms with Gasteiger partial charge in [0.05, 0.1) is 32.9 Å². The van der Waals surface area contributed by atoms with E-state index in [1.807, 2.05) is 72.8 Å². The van der Waals surface area contributed by atoms with Crippen molar-refractivity contribution in [3.63, 3.8) is 0 Å². The number of carbonyl (C=O) groups excluding carboxylic acids is 1. The highest BCUT2D eigenvalue weighted by Gasteiger charge is 2.35. The molecule has 1 aliphatic rings. The highest BCUT2D eigenvalue weighted by Crippen LogP contribution is 2.36. The number of thiazole rings is 1. The Balaban J connectivity index is 1.57. The first-order valence-electron chi connectivity index (χ1n) is 14.0. The van der Waals surface area contributed by atoms with Crippen molar-refractivity contribution in [3.8, 4) is 5.75 Å². The summed E-state index contributed by atoms with van der Waals surface area (Å²) in [6, 6.07) is 27.7. The number of halogens is 3. The predicted octanol–water partition coefficient (Wildman–Crippen LogP) is 7.18. The van der Waals surface area contributed by atoms with Crippen LogP contribution in [-0.2, 0) is 16.1 Å². The Kier molecular flexibility index (Phi) is 9.25. The molecule has 0 amide bonds. The van der Waals surface area contributed by atoms with Crippen molar-refractivity contribution in [2.75, 3.05) is 6.61 Å². The Labute approximate surface area is 279 Å². The Hall–Kier alpha value is -4.12. The van der Waals surface area contributed by atoms with Gasteiger partial charge in [-0.2, -0.15) is 0 Å². The minimum absolute atomic E-state index is 0.133. The molecule has 0 N–H and O–H groups in total. The molecule has 0 aliphatic carbocycles. The Bertz CT molecular complexity index is 2090. The number of nitrogens with zero attached hydrogens (tertiary/aromatic N) is 2. The molecule has 0 bridgehead atoms. The molecule has 1 atom stereocenters. The van der Waals surface area contributed by atoms with Gasteiger partial charge in [0.2, 0.25) is 0 Å². The number of fused-ring (bicyclic) bond motifs is 1. The summed E-state index contributed by atoms with van der Waals surface area (Å²) in [5.41, 5.74) is 3.15. The smallest absolute Gasteiger partial charge is 0.338 e. The van der Waals surface area contributed by atoms with Crippen LogP contribution in [0.5, 0.6) is 5.75 Å². The SMILES string of the molecule is CCOC(=O)C1=C(c2ccccc2)N=c2s/c(=C\c3cc(Br)cc(Br)c3OCc3ccccc3)c(=O)n2[C@@H]1c1ccc(F)cc1. The predicted molar refractivity (Wildman–Crippen MR) is 180 cm³/mol. The lowest BCUT2D eigenvalue weighted by atomic mass is 9.93. The molecular weight excluding hydrogens is 723 g/mol. The van der Waals surface area contributed by atoms with E-state index in [9.17, 15) is 14.0 Å². The maximum absolute atomic E-state index is 14.3. The van der Waals surface area contributed by atoms with E-state index in [4.69, 9.17) is 14.5 Å². The third-order valence-electron chi connectivity index (χ3n) is 7.11. The van der Waals surface area contributed by atoms with Crippen LogP contribution in [0.3, 0.4) is 0 Å². The van der Waals surface area contributed by atoms with Gasteiger partial charge in [0, 0.05) is 15.6 Å². The zero-order valence-electron chi connectivity index (χ0n) is 23.9. The monoisotopic (exact) mass is 746 g/mol. The zero-order valence-corrected chi connectivity index (χ0v) is 27.9. The summed E-state index contributed by atoms with van der Waals surface area (Å²) in [5, 5.41) is 0. The number of rotatable bonds is 8. The van der Waals surface area contributed by atoms with Crippen molar-refractivity contribution in [2.45, 2.75) is 19.6 Å². The topological polar surface area (TPSA) is 69.9 Å². The summed E-state index contributed by atoms with van der Waals surface area (Å²) >= 11 is 8.37. The molecule has 5 aromatic rings. The molecule has 2 heterocycles. The summed E-state index contributed by atoms with van der Waals surface area (Å²) < 4.78 is 29.2. The molecule has 4 aromatic carbocycles. The summed E-state index contributed by atoms with van der Waals surface area (Å²) in [7, 11) is 0. The molecule has 45 heavy (non-hydrogen) atoms. The number of carbonyl (C=O) groups is 1. The van der Waals surface area contributed by atoms with E-state index in [1.165, 1.54) is 28.0 Å². The van der Waals surface area contributed by atoms with Gasteiger partial charge in [-0.25, -0.2) is 14.2 Å². The van der Waals surface area contributed by atoms with Crippen LogP contribution in [0.15, 0.2) is 121 Å². The van der Waals surface area contributed by atoms with Crippen LogP contribution < -0.4 is 19.6 Å². The van der Waals surface area contributed by atoms with E-state index in [0.717, 1.165) is 10.0 Å². The van der Waals surface area contributed by atoms with Crippen molar-refractivity contribution >= 4 is 60.9 Å². The number of benzene rings is 4. The summed E-state index contributed by atoms with van der Waals surface area (Å²) in [6.45, 7) is 2.18. The van der Waals surface area contributed by atoms with Crippen molar-refractivity contribution < 1.29 is 18.7 Å². The molecule has 0 saturated carbocycles. The van der Waals surface area contributed by atoms with Crippen LogP contribution in [0.2, 0.25) is 0 Å². The van der Waals surface area contributed by atoms with Crippen molar-refractivity contribution in [3.05, 3.63) is 159 Å². The average molecular weight is 748 g/mol. The van der Waals surface area contributed by atoms with Crippen LogP contribution in [0.25, 0.3) is 11.8 Å². The van der Waals surface area contributed by atoms with E-state index in [0.29, 0.717) is 48.6 Å². The molecule has 6 rings (SSSR count). The summed E-state index contributed by atoms with van der Waals surface area (Å²) in [6.07, 6.45) is 1.76. The fraction of sp³-hybridized carbons (Fsp3) is 0.114. The van der Waals surface area contributed by atoms with Gasteiger partial charge in [-0.1, -0.05) is 100 Å². The number of hydrogen-bond donors (Lipinski definition) is 0. The first-order chi connectivity index (χ1) is 21.8. The van der Waals surface area contributed by atoms with Crippen molar-refractivity contribution in [1.29, 1.82) is 0 Å². The number of ether oxygens (including phenoxy) is 2. The summed E-state index contributed by atoms with van der Waals surface area (Å²) in [5.74, 6) is -0.462. The van der Waals surface area contributed by atoms with Crippen LogP contribution in [-0.4, -0.2) is 17.1 Å². The van der Waals surface area contributed by atoms with Gasteiger partial charge in [0.1, 0.15) is 18.2 Å². The van der Waals surface area contributed by atoms with Gasteiger partial charge in [-0.3, -0.25) is 9.36 Å². The minimum Gasteiger partial charge on any atom is -0.487 e. The molecule has 6 nitrogen and oxygen atoms in total. The highest BCUT2D eigenvalue weighted by molar-refractivity contribution is 9.11. The molecule has 0 spiro atoms. The lowest BCUT2D eigenvalue weighted by molar-refractivity contribution is -0.138. The second-order valence-corrected chi connectivity index (χ2v) is 12.8. The minimum atomic E-state index is -0.902. The zero-order chi connectivity index (χ0) is 31.5. The van der Waals surface area contributed by atoms with Gasteiger partial charge in [0.25, 0.3) is 5.56 Å². The van der Waals surface area contributed by atoms with Gasteiger partial charge in [-0.15, -0.1) is 0 Å². The third kappa shape index (κ3) is 6.49. The first-order valence-corrected chi connectivity index (χ1v) is 16.4. The van der Waals surface area contributed by atoms with Crippen LogP contribution in [0.1, 0.15) is 35.2 Å². The van der Waals surface area contributed by atoms with E-state index in [2.05, 4.69) is 31.9 Å². The van der Waals surface area contributed by atoms with E-state index in [-0.39, 0.29) is 17.7 Å². The molecular formula is C35H25Br2FN2O4S. The second-order valence-electron chi connectivity index (χ2n) is 10.1. The quantitative estimate of drug-likeness (QED) is 0.158. The Morgan fingerprint density at radius 2 is 1.69 bits per heavy atom. The van der Waals surface area contributed by atoms with Crippen LogP contribution in [0, 0.1) is 5.82 Å². The molecule has 0 saturated heterocycles. The second kappa shape index (κ2) is 13.5. The maximum Gasteiger partial charge on any atom is 0.338 e. The fourth-order valence-corrected chi connectivity index (χ4v) is 7.48. The summed E-state index contributed by atoms with van der Waals surface area (Å²) in [4.78, 5) is 33.1. The normalized spacial score (nSPS) is 14.6. The fourth-order valence-electron chi connectivity index (χ4n) is 5.11. The van der Waals surface area contributed by atoms with E-state index in [1.54, 1.807) is 25.1 Å². The van der Waals surface area contributed by atoms with Gasteiger partial charge < -0.3 is 9.47 Å². The van der Waals surface area contributed by atoms with Gasteiger partial charge >= 0.3 is 5.97 Å². The Morgan fingerprint density at radius 3 is 2.38 bits per heavy atom. The molecule has 226 valence electrons. The molecule has 0 fully saturated rings. The number of aromatic nitrogens is 1. The lowest BCUT2D eigenvalue weighted by Crippen LogP contribution is -2.40. The molecule has 10 heteroatoms. The van der Waals surface area contributed by atoms with Gasteiger partial charge in [0.15, 0.2) is 4.80 Å². The molecule has 1 aromatic heterocycles. The number of esters is 1. The van der Waals surface area contributed by atoms with Crippen molar-refractivity contribution in [2.24, 2.45) is 4.99 Å². The highest BCUT2D eigenvalue weighted by atomic mass is 79.9. The van der Waals surface area contributed by atoms with E-state index >= 15 is 0 Å². The largest absolute Gasteiger partial charge is 0.487 e. The molecule has 1 aliphatic heterocycles. The Morgan fingerprint density at radius 1 is 1.00 bits per heavy atom. The van der Waals surface area contributed by atoms with Gasteiger partial charge in [-0.05, 0) is 64.3 Å². The van der Waals surface area contributed by atoms with Crippen LogP contribution >= 0.6 is 43.2 Å². The number of hydrogen-bond acceptors (Lipinski definition) is 6. The molecule has 0 unspecified atom stereocenters. The van der Waals surface area contributed by atoms with Crippen LogP contribution in [0.4, 0.5) is 4.39 Å². The molecule has 0 radical (unpaired) electrons. The lowest BCUT2D eigenvalue weighted by Gasteiger charge is -2.25. The standard InChI is InChI=1S/C35H25Br2FN2O4S/c1-2-43-34(42)29-30(22-11-7-4-8-12-22)39-35-40(31(29)23-13-15-26(38)16-14-23)33(41)28(45-35)18-24-17-25(36)19-27(37)32(24)44-20-21-9-5-3-6-10-21/h3-19,31H,2,20H2,1H3/b28-18-/t31-/m1/s1.